The molecule has 4 rings (SSSR count). The summed E-state index contributed by atoms with van der Waals surface area (Å²) in [6, 6.07) is 13.5. The molecule has 3 aromatic carbocycles. The molecule has 170 valence electrons. The molecule has 1 heterocycles. The number of aromatic nitrogens is 2. The molecular formula is C21H12ClF4N4O2S-. The number of hydrogen-bond acceptors (Lipinski definition) is 5. The molecule has 0 aliphatic rings. The van der Waals surface area contributed by atoms with Gasteiger partial charge in [-0.25, -0.2) is 17.8 Å². The Balaban J connectivity index is 1.78. The van der Waals surface area contributed by atoms with Gasteiger partial charge in [0, 0.05) is 5.69 Å². The minimum Gasteiger partial charge on any atom is -0.431 e. The Morgan fingerprint density at radius 3 is 2.18 bits per heavy atom. The van der Waals surface area contributed by atoms with Gasteiger partial charge in [-0.3, -0.25) is 0 Å². The van der Waals surface area contributed by atoms with Gasteiger partial charge in [0.2, 0.25) is 10.0 Å². The number of sulfonamides is 1. The van der Waals surface area contributed by atoms with Crippen LogP contribution < -0.4 is 5.32 Å². The highest BCUT2D eigenvalue weighted by Crippen LogP contribution is 2.38. The zero-order chi connectivity index (χ0) is 23.8. The molecular weight excluding hydrogens is 484 g/mol. The second-order valence-corrected chi connectivity index (χ2v) is 8.73. The molecule has 0 atom stereocenters. The Morgan fingerprint density at radius 1 is 0.909 bits per heavy atom. The number of halogens is 5. The number of rotatable bonds is 5. The first-order chi connectivity index (χ1) is 15.5. The molecule has 0 bridgehead atoms. The molecule has 4 aromatic rings. The fraction of sp³-hybridized carbons (Fsp3) is 0.0476. The van der Waals surface area contributed by atoms with E-state index >= 15 is 0 Å². The SMILES string of the molecule is O=S(=O)([N-]c1nc2ccccc2nc1Nc1ccc(Cl)c(C(F)(F)F)c1)c1ccc(F)cc1. The van der Waals surface area contributed by atoms with E-state index in [1.807, 2.05) is 0 Å². The molecule has 0 unspecified atom stereocenters. The first-order valence-corrected chi connectivity index (χ1v) is 11.0. The Kier molecular flexibility index (Phi) is 5.85. The molecule has 1 aromatic heterocycles. The third-order valence-electron chi connectivity index (χ3n) is 4.40. The van der Waals surface area contributed by atoms with Crippen LogP contribution in [0.5, 0.6) is 0 Å². The molecule has 0 radical (unpaired) electrons. The Labute approximate surface area is 190 Å². The summed E-state index contributed by atoms with van der Waals surface area (Å²) in [5, 5.41) is 2.14. The standard InChI is InChI=1S/C21H12ClF4N4O2S/c22-16-10-7-13(11-15(16)21(24,25)26)27-19-20(29-18-4-2-1-3-17(18)28-19)30-33(31,32)14-8-5-12(23)6-9-14/h1-11H,(H-,27,28,29,30)/q-1. The average Bonchev–Trinajstić information content (AvgIpc) is 2.75. The van der Waals surface area contributed by atoms with Crippen LogP contribution in [0.2, 0.25) is 5.02 Å². The number of alkyl halides is 3. The van der Waals surface area contributed by atoms with E-state index in [-0.39, 0.29) is 22.2 Å². The highest BCUT2D eigenvalue weighted by molar-refractivity contribution is 7.94. The van der Waals surface area contributed by atoms with Gasteiger partial charge in [-0.05, 0) is 59.9 Å². The molecule has 6 nitrogen and oxygen atoms in total. The summed E-state index contributed by atoms with van der Waals surface area (Å²) in [4.78, 5) is 8.17. The summed E-state index contributed by atoms with van der Waals surface area (Å²) >= 11 is 5.66. The van der Waals surface area contributed by atoms with Crippen LogP contribution >= 0.6 is 11.6 Å². The van der Waals surface area contributed by atoms with Crippen molar-refractivity contribution in [1.29, 1.82) is 0 Å². The van der Waals surface area contributed by atoms with E-state index in [2.05, 4.69) is 20.0 Å². The van der Waals surface area contributed by atoms with Crippen molar-refractivity contribution in [2.75, 3.05) is 5.32 Å². The number of fused-ring (bicyclic) bond motifs is 1. The summed E-state index contributed by atoms with van der Waals surface area (Å²) in [6.07, 6.45) is -4.71. The molecule has 0 aliphatic heterocycles. The van der Waals surface area contributed by atoms with Gasteiger partial charge < -0.3 is 15.0 Å². The van der Waals surface area contributed by atoms with E-state index in [4.69, 9.17) is 11.6 Å². The monoisotopic (exact) mass is 495 g/mol. The molecule has 12 heteroatoms. The van der Waals surface area contributed by atoms with Crippen molar-refractivity contribution in [3.63, 3.8) is 0 Å². The van der Waals surface area contributed by atoms with Crippen LogP contribution in [0.1, 0.15) is 5.56 Å². The lowest BCUT2D eigenvalue weighted by Gasteiger charge is -2.21. The van der Waals surface area contributed by atoms with Gasteiger partial charge in [0.05, 0.1) is 21.0 Å². The minimum atomic E-state index is -4.71. The summed E-state index contributed by atoms with van der Waals surface area (Å²) < 4.78 is 82.0. The molecule has 0 saturated heterocycles. The minimum absolute atomic E-state index is 0.0630. The molecule has 0 amide bonds. The van der Waals surface area contributed by atoms with Crippen molar-refractivity contribution in [2.24, 2.45) is 0 Å². The summed E-state index contributed by atoms with van der Waals surface area (Å²) in [5.74, 6) is -1.22. The summed E-state index contributed by atoms with van der Waals surface area (Å²) in [5.41, 5.74) is -0.487. The first-order valence-electron chi connectivity index (χ1n) is 9.17. The third-order valence-corrected chi connectivity index (χ3v) is 6.02. The van der Waals surface area contributed by atoms with Crippen molar-refractivity contribution >= 4 is 50.0 Å². The van der Waals surface area contributed by atoms with Gasteiger partial charge in [-0.15, -0.1) is 0 Å². The second kappa shape index (κ2) is 8.49. The zero-order valence-corrected chi connectivity index (χ0v) is 17.9. The molecule has 0 saturated carbocycles. The van der Waals surface area contributed by atoms with E-state index < -0.39 is 32.6 Å². The zero-order valence-electron chi connectivity index (χ0n) is 16.3. The second-order valence-electron chi connectivity index (χ2n) is 6.72. The number of hydrogen-bond donors (Lipinski definition) is 1. The van der Waals surface area contributed by atoms with E-state index in [9.17, 15) is 26.0 Å². The van der Waals surface area contributed by atoms with Crippen LogP contribution in [0.4, 0.5) is 34.9 Å². The number of benzene rings is 3. The largest absolute Gasteiger partial charge is 0.431 e. The van der Waals surface area contributed by atoms with E-state index in [1.165, 1.54) is 6.07 Å². The van der Waals surface area contributed by atoms with Crippen LogP contribution in [-0.4, -0.2) is 18.4 Å². The van der Waals surface area contributed by atoms with Gasteiger partial charge in [0.25, 0.3) is 0 Å². The average molecular weight is 496 g/mol. The van der Waals surface area contributed by atoms with E-state index in [0.717, 1.165) is 36.4 Å². The van der Waals surface area contributed by atoms with E-state index in [0.29, 0.717) is 11.0 Å². The van der Waals surface area contributed by atoms with Gasteiger partial charge in [0.1, 0.15) is 11.6 Å². The van der Waals surface area contributed by atoms with Gasteiger partial charge >= 0.3 is 6.18 Å². The maximum absolute atomic E-state index is 13.2. The fourth-order valence-corrected chi connectivity index (χ4v) is 4.03. The predicted octanol–water partition coefficient (Wildman–Crippen LogP) is 6.58. The lowest BCUT2D eigenvalue weighted by molar-refractivity contribution is -0.137. The quantitative estimate of drug-likeness (QED) is 0.316. The number of anilines is 2. The van der Waals surface area contributed by atoms with E-state index in [1.54, 1.807) is 24.3 Å². The lowest BCUT2D eigenvalue weighted by Crippen LogP contribution is -2.07. The highest BCUT2D eigenvalue weighted by Gasteiger charge is 2.33. The molecule has 0 spiro atoms. The number of nitrogens with zero attached hydrogens (tertiary/aromatic N) is 3. The topological polar surface area (TPSA) is 86.1 Å². The van der Waals surface area contributed by atoms with Gasteiger partial charge in [-0.2, -0.15) is 13.2 Å². The Morgan fingerprint density at radius 2 is 1.55 bits per heavy atom. The van der Waals surface area contributed by atoms with Crippen LogP contribution in [-0.2, 0) is 16.2 Å². The lowest BCUT2D eigenvalue weighted by atomic mass is 10.2. The molecule has 1 N–H and O–H groups in total. The van der Waals surface area contributed by atoms with Crippen molar-refractivity contribution in [3.8, 4) is 0 Å². The maximum Gasteiger partial charge on any atom is 0.417 e. The van der Waals surface area contributed by atoms with Crippen molar-refractivity contribution in [3.05, 3.63) is 87.9 Å². The normalized spacial score (nSPS) is 12.0. The van der Waals surface area contributed by atoms with Crippen LogP contribution in [0.15, 0.2) is 71.6 Å². The number of para-hydroxylation sites is 2. The number of nitrogens with one attached hydrogen (secondary N) is 1. The molecule has 0 fully saturated rings. The van der Waals surface area contributed by atoms with Crippen molar-refractivity contribution < 1.29 is 26.0 Å². The smallest absolute Gasteiger partial charge is 0.417 e. The fourth-order valence-electron chi connectivity index (χ4n) is 2.87. The maximum atomic E-state index is 13.2. The molecule has 33 heavy (non-hydrogen) atoms. The predicted molar refractivity (Wildman–Crippen MR) is 116 cm³/mol. The molecule has 0 aliphatic carbocycles. The van der Waals surface area contributed by atoms with Gasteiger partial charge in [0.15, 0.2) is 0 Å². The van der Waals surface area contributed by atoms with Crippen molar-refractivity contribution in [1.82, 2.24) is 9.97 Å². The third kappa shape index (κ3) is 4.99. The summed E-state index contributed by atoms with van der Waals surface area (Å²) in [6.45, 7) is 0. The highest BCUT2D eigenvalue weighted by atomic mass is 35.5. The Bertz CT molecular complexity index is 1450. The van der Waals surface area contributed by atoms with Gasteiger partial charge in [-0.1, -0.05) is 29.8 Å². The van der Waals surface area contributed by atoms with Crippen molar-refractivity contribution in [2.45, 2.75) is 11.1 Å². The first kappa shape index (κ1) is 22.7. The summed E-state index contributed by atoms with van der Waals surface area (Å²) in [7, 11) is -4.34. The van der Waals surface area contributed by atoms with Crippen LogP contribution in [0.3, 0.4) is 0 Å². The van der Waals surface area contributed by atoms with Crippen LogP contribution in [0, 0.1) is 5.82 Å². The Hall–Kier alpha value is -3.44. The van der Waals surface area contributed by atoms with Crippen LogP contribution in [0.25, 0.3) is 15.8 Å².